The van der Waals surface area contributed by atoms with Gasteiger partial charge in [0.2, 0.25) is 0 Å². The van der Waals surface area contributed by atoms with Gasteiger partial charge in [0.05, 0.1) is 13.2 Å². The second kappa shape index (κ2) is 42.3. The summed E-state index contributed by atoms with van der Waals surface area (Å²) in [6.45, 7) is 3.49. The molecule has 0 aliphatic heterocycles. The van der Waals surface area contributed by atoms with E-state index >= 15 is 0 Å². The molecule has 3 N–H and O–H groups in total. The number of esters is 2. The van der Waals surface area contributed by atoms with E-state index in [1.165, 1.54) is 51.4 Å². The Balaban J connectivity index is 4.42. The van der Waals surface area contributed by atoms with Crippen molar-refractivity contribution >= 4 is 19.8 Å². The molecule has 0 rings (SSSR count). The molecule has 0 heterocycles. The third-order valence-corrected chi connectivity index (χ3v) is 9.13. The number of hydrogen-bond donors (Lipinski definition) is 2. The van der Waals surface area contributed by atoms with Gasteiger partial charge in [0, 0.05) is 19.4 Å². The number of phosphoric acid groups is 1. The normalized spacial score (nSPS) is 14.4. The Morgan fingerprint density at radius 1 is 0.526 bits per heavy atom. The van der Waals surface area contributed by atoms with Crippen molar-refractivity contribution in [2.75, 3.05) is 26.4 Å². The lowest BCUT2D eigenvalue weighted by Crippen LogP contribution is -2.29. The number of hydrogen-bond acceptors (Lipinski definition) is 8. The van der Waals surface area contributed by atoms with E-state index in [0.29, 0.717) is 12.8 Å². The number of carbonyl (C=O) groups excluding carboxylic acids is 2. The molecule has 0 aromatic rings. The van der Waals surface area contributed by atoms with Crippen LogP contribution in [0.1, 0.15) is 142 Å². The van der Waals surface area contributed by atoms with Crippen LogP contribution >= 0.6 is 7.82 Å². The monoisotopic (exact) mass is 814 g/mol. The zero-order valence-corrected chi connectivity index (χ0v) is 36.2. The van der Waals surface area contributed by atoms with Gasteiger partial charge >= 0.3 is 19.8 Å². The standard InChI is InChI=1S/C47H76NO8P/c1-3-5-7-9-11-13-15-17-19-21-22-24-26-28-30-32-34-36-38-40-47(50)56-45(44-55-57(51,52)54-42-41-48)43-53-46(49)39-37-35-33-31-29-27-25-23-20-18-16-14-12-10-8-6-4-2/h11-14,17-20,22,24-25,27-28,30-31,33-34,36,45H,3-10,15-16,21,23,26,29,32,35,37-44,48H2,1-2H3,(H,51,52)/b13-11-,14-12-,19-17-,20-18-,24-22-,27-25-,30-28-,33-31-,36-34-/t45-/m1/s1. The highest BCUT2D eigenvalue weighted by Crippen LogP contribution is 2.43. The van der Waals surface area contributed by atoms with Gasteiger partial charge in [-0.05, 0) is 89.9 Å². The minimum absolute atomic E-state index is 0.0287. The van der Waals surface area contributed by atoms with E-state index in [0.717, 1.165) is 51.4 Å². The minimum Gasteiger partial charge on any atom is -0.462 e. The number of phosphoric ester groups is 1. The predicted molar refractivity (Wildman–Crippen MR) is 238 cm³/mol. The minimum atomic E-state index is -4.42. The molecule has 1 unspecified atom stereocenters. The number of nitrogens with two attached hydrogens (primary N) is 1. The van der Waals surface area contributed by atoms with Crippen LogP contribution in [0.2, 0.25) is 0 Å². The highest BCUT2D eigenvalue weighted by Gasteiger charge is 2.25. The largest absolute Gasteiger partial charge is 0.472 e. The van der Waals surface area contributed by atoms with Crippen molar-refractivity contribution in [2.45, 2.75) is 148 Å². The van der Waals surface area contributed by atoms with Crippen LogP contribution in [0.3, 0.4) is 0 Å². The van der Waals surface area contributed by atoms with E-state index < -0.39 is 32.5 Å². The second-order valence-electron chi connectivity index (χ2n) is 13.5. The van der Waals surface area contributed by atoms with Gasteiger partial charge in [-0.15, -0.1) is 0 Å². The van der Waals surface area contributed by atoms with E-state index in [4.69, 9.17) is 24.3 Å². The zero-order chi connectivity index (χ0) is 41.8. The first-order chi connectivity index (χ1) is 27.8. The Labute approximate surface area is 346 Å². The Morgan fingerprint density at radius 2 is 0.930 bits per heavy atom. The topological polar surface area (TPSA) is 134 Å². The SMILES string of the molecule is CCCCC/C=C\C/C=C\C/C=C\C/C=C\C/C=C\CCC(=O)O[C@H](COC(=O)CCC/C=C\C/C=C\C/C=C\C/C=C\CCCCC)COP(=O)(O)OCCN. The maximum absolute atomic E-state index is 12.5. The average molecular weight is 814 g/mol. The highest BCUT2D eigenvalue weighted by atomic mass is 31.2. The first-order valence-corrected chi connectivity index (χ1v) is 22.9. The third kappa shape index (κ3) is 42.1. The molecule has 0 aliphatic carbocycles. The predicted octanol–water partition coefficient (Wildman–Crippen LogP) is 12.4. The number of carbonyl (C=O) groups is 2. The smallest absolute Gasteiger partial charge is 0.462 e. The van der Waals surface area contributed by atoms with Crippen molar-refractivity contribution in [1.82, 2.24) is 0 Å². The van der Waals surface area contributed by atoms with Crippen LogP contribution in [0, 0.1) is 0 Å². The summed E-state index contributed by atoms with van der Waals surface area (Å²) >= 11 is 0. The van der Waals surface area contributed by atoms with Gasteiger partial charge in [-0.25, -0.2) is 4.57 Å². The molecule has 0 fully saturated rings. The summed E-state index contributed by atoms with van der Waals surface area (Å²) in [6, 6.07) is 0. The molecule has 0 amide bonds. The van der Waals surface area contributed by atoms with Gasteiger partial charge in [-0.1, -0.05) is 149 Å². The van der Waals surface area contributed by atoms with Gasteiger partial charge in [-0.2, -0.15) is 0 Å². The lowest BCUT2D eigenvalue weighted by Gasteiger charge is -2.19. The van der Waals surface area contributed by atoms with Crippen LogP contribution in [0.15, 0.2) is 109 Å². The summed E-state index contributed by atoms with van der Waals surface area (Å²) in [5, 5.41) is 0. The fourth-order valence-electron chi connectivity index (χ4n) is 4.96. The van der Waals surface area contributed by atoms with E-state index in [2.05, 4.69) is 105 Å². The van der Waals surface area contributed by atoms with E-state index in [9.17, 15) is 19.0 Å². The lowest BCUT2D eigenvalue weighted by molar-refractivity contribution is -0.161. The van der Waals surface area contributed by atoms with Crippen molar-refractivity contribution in [3.8, 4) is 0 Å². The first-order valence-electron chi connectivity index (χ1n) is 21.4. The molecule has 9 nitrogen and oxygen atoms in total. The quantitative estimate of drug-likeness (QED) is 0.0270. The van der Waals surface area contributed by atoms with Crippen LogP contribution in [0.4, 0.5) is 0 Å². The second-order valence-corrected chi connectivity index (χ2v) is 14.9. The van der Waals surface area contributed by atoms with Gasteiger partial charge in [-0.3, -0.25) is 18.6 Å². The molecule has 0 saturated carbocycles. The first kappa shape index (κ1) is 53.7. The van der Waals surface area contributed by atoms with Crippen molar-refractivity contribution in [1.29, 1.82) is 0 Å². The Kier molecular flexibility index (Phi) is 39.8. The van der Waals surface area contributed by atoms with E-state index in [1.54, 1.807) is 0 Å². The van der Waals surface area contributed by atoms with Crippen molar-refractivity contribution in [2.24, 2.45) is 5.73 Å². The summed E-state index contributed by atoms with van der Waals surface area (Å²) in [5.74, 6) is -1.00. The Morgan fingerprint density at radius 3 is 1.35 bits per heavy atom. The van der Waals surface area contributed by atoms with Gasteiger partial charge in [0.25, 0.3) is 0 Å². The molecule has 322 valence electrons. The highest BCUT2D eigenvalue weighted by molar-refractivity contribution is 7.47. The average Bonchev–Trinajstić information content (AvgIpc) is 3.20. The molecule has 10 heteroatoms. The summed E-state index contributed by atoms with van der Waals surface area (Å²) in [6.07, 6.45) is 55.7. The number of rotatable bonds is 38. The third-order valence-electron chi connectivity index (χ3n) is 8.14. The van der Waals surface area contributed by atoms with Crippen molar-refractivity contribution in [3.05, 3.63) is 109 Å². The van der Waals surface area contributed by atoms with Crippen molar-refractivity contribution in [3.63, 3.8) is 0 Å². The summed E-state index contributed by atoms with van der Waals surface area (Å²) in [5.41, 5.74) is 5.34. The Hall–Kier alpha value is -3.33. The van der Waals surface area contributed by atoms with E-state index in [1.807, 2.05) is 18.2 Å². The molecule has 0 spiro atoms. The van der Waals surface area contributed by atoms with Gasteiger partial charge in [0.15, 0.2) is 6.10 Å². The number of allylic oxidation sites excluding steroid dienone is 18. The van der Waals surface area contributed by atoms with Crippen LogP contribution in [-0.4, -0.2) is 49.3 Å². The van der Waals surface area contributed by atoms with Crippen LogP contribution in [0.5, 0.6) is 0 Å². The molecule has 0 aromatic carbocycles. The Bertz CT molecular complexity index is 1290. The molecule has 57 heavy (non-hydrogen) atoms. The fourth-order valence-corrected chi connectivity index (χ4v) is 5.73. The molecule has 0 saturated heterocycles. The summed E-state index contributed by atoms with van der Waals surface area (Å²) < 4.78 is 32.6. The zero-order valence-electron chi connectivity index (χ0n) is 35.3. The molecule has 0 aromatic heterocycles. The molecular weight excluding hydrogens is 737 g/mol. The molecule has 0 bridgehead atoms. The summed E-state index contributed by atoms with van der Waals surface area (Å²) in [4.78, 5) is 34.8. The molecule has 0 aliphatic rings. The fraction of sp³-hybridized carbons (Fsp3) is 0.574. The maximum atomic E-state index is 12.5. The maximum Gasteiger partial charge on any atom is 0.472 e. The molecule has 2 atom stereocenters. The lowest BCUT2D eigenvalue weighted by atomic mass is 10.2. The molecular formula is C47H76NO8P. The van der Waals surface area contributed by atoms with Crippen LogP contribution in [0.25, 0.3) is 0 Å². The van der Waals surface area contributed by atoms with Gasteiger partial charge < -0.3 is 20.1 Å². The number of unbranched alkanes of at least 4 members (excludes halogenated alkanes) is 7. The van der Waals surface area contributed by atoms with Gasteiger partial charge in [0.1, 0.15) is 6.61 Å². The van der Waals surface area contributed by atoms with Crippen molar-refractivity contribution < 1.29 is 37.6 Å². The number of ether oxygens (including phenoxy) is 2. The summed E-state index contributed by atoms with van der Waals surface area (Å²) in [7, 11) is -4.42. The van der Waals surface area contributed by atoms with Crippen LogP contribution in [-0.2, 0) is 32.7 Å². The van der Waals surface area contributed by atoms with E-state index in [-0.39, 0.29) is 32.6 Å². The molecule has 0 radical (unpaired) electrons. The van der Waals surface area contributed by atoms with Crippen LogP contribution < -0.4 is 5.73 Å².